The summed E-state index contributed by atoms with van der Waals surface area (Å²) >= 11 is 17.3. The lowest BCUT2D eigenvalue weighted by Gasteiger charge is -2.13. The largest absolute Gasteiger partial charge is 0.281 e. The first kappa shape index (κ1) is 12.8. The van der Waals surface area contributed by atoms with E-state index in [1.165, 1.54) is 0 Å². The van der Waals surface area contributed by atoms with E-state index in [9.17, 15) is 4.79 Å². The summed E-state index contributed by atoms with van der Waals surface area (Å²) in [4.78, 5) is 11.2. The third-order valence-electron chi connectivity index (χ3n) is 2.19. The molecule has 0 aliphatic heterocycles. The lowest BCUT2D eigenvalue weighted by Crippen LogP contribution is -2.07. The van der Waals surface area contributed by atoms with Crippen molar-refractivity contribution in [3.05, 3.63) is 33.8 Å². The van der Waals surface area contributed by atoms with Gasteiger partial charge in [-0.1, -0.05) is 42.6 Å². The minimum absolute atomic E-state index is 0.332. The maximum Gasteiger partial charge on any atom is 0.229 e. The molecule has 0 heterocycles. The average molecular weight is 266 g/mol. The smallest absolute Gasteiger partial charge is 0.229 e. The van der Waals surface area contributed by atoms with Crippen molar-refractivity contribution in [1.82, 2.24) is 0 Å². The van der Waals surface area contributed by atoms with E-state index in [0.717, 1.165) is 12.0 Å². The summed E-state index contributed by atoms with van der Waals surface area (Å²) in [5, 5.41) is 0.678. The van der Waals surface area contributed by atoms with Crippen molar-refractivity contribution in [1.29, 1.82) is 0 Å². The Balaban J connectivity index is 3.05. The van der Waals surface area contributed by atoms with E-state index in [1.807, 2.05) is 6.92 Å². The van der Waals surface area contributed by atoms with E-state index >= 15 is 0 Å². The zero-order valence-corrected chi connectivity index (χ0v) is 10.5. The van der Waals surface area contributed by atoms with Crippen molar-refractivity contribution in [2.75, 3.05) is 0 Å². The van der Waals surface area contributed by atoms with Crippen LogP contribution in [0.1, 0.15) is 31.2 Å². The minimum Gasteiger partial charge on any atom is -0.281 e. The van der Waals surface area contributed by atoms with E-state index in [1.54, 1.807) is 18.2 Å². The van der Waals surface area contributed by atoms with Gasteiger partial charge in [0.25, 0.3) is 0 Å². The van der Waals surface area contributed by atoms with Gasteiger partial charge in [-0.05, 0) is 35.7 Å². The molecule has 1 rings (SSSR count). The van der Waals surface area contributed by atoms with Gasteiger partial charge < -0.3 is 0 Å². The first-order valence-corrected chi connectivity index (χ1v) is 5.84. The molecule has 0 saturated heterocycles. The molecule has 0 aliphatic carbocycles. The summed E-state index contributed by atoms with van der Waals surface area (Å²) in [7, 11) is 0. The molecule has 0 amide bonds. The number of rotatable bonds is 4. The Morgan fingerprint density at radius 2 is 2.07 bits per heavy atom. The van der Waals surface area contributed by atoms with Gasteiger partial charge in [0.2, 0.25) is 5.24 Å². The van der Waals surface area contributed by atoms with Crippen LogP contribution in [-0.2, 0) is 4.79 Å². The second kappa shape index (κ2) is 5.74. The molecule has 0 spiro atoms. The van der Waals surface area contributed by atoms with Crippen molar-refractivity contribution in [2.45, 2.75) is 25.7 Å². The summed E-state index contributed by atoms with van der Waals surface area (Å²) in [5.41, 5.74) is 0.753. The quantitative estimate of drug-likeness (QED) is 0.725. The Labute approximate surface area is 104 Å². The minimum atomic E-state index is -0.374. The molecule has 82 valence electrons. The second-order valence-corrected chi connectivity index (χ2v) is 4.53. The standard InChI is InChI=1S/C11H11Cl3O/c1-2-3-9(11(14)15)8-5-4-7(12)6-10(8)13/h4-6,9H,2-3H2,1H3. The highest BCUT2D eigenvalue weighted by atomic mass is 35.5. The van der Waals surface area contributed by atoms with Gasteiger partial charge in [0.05, 0.1) is 5.92 Å². The molecule has 0 N–H and O–H groups in total. The Bertz CT molecular complexity index is 363. The van der Waals surface area contributed by atoms with Gasteiger partial charge in [0.15, 0.2) is 0 Å². The molecule has 15 heavy (non-hydrogen) atoms. The SMILES string of the molecule is CCCC(C(=O)Cl)c1ccc(Cl)cc1Cl. The van der Waals surface area contributed by atoms with Crippen LogP contribution in [0.25, 0.3) is 0 Å². The molecule has 1 nitrogen and oxygen atoms in total. The molecule has 0 bridgehead atoms. The molecule has 0 aliphatic rings. The highest BCUT2D eigenvalue weighted by Gasteiger charge is 2.20. The van der Waals surface area contributed by atoms with Crippen LogP contribution < -0.4 is 0 Å². The molecule has 1 unspecified atom stereocenters. The highest BCUT2D eigenvalue weighted by Crippen LogP contribution is 2.31. The van der Waals surface area contributed by atoms with Gasteiger partial charge in [-0.2, -0.15) is 0 Å². The van der Waals surface area contributed by atoms with E-state index in [2.05, 4.69) is 0 Å². The number of hydrogen-bond acceptors (Lipinski definition) is 1. The Hall–Kier alpha value is -0.240. The van der Waals surface area contributed by atoms with Crippen molar-refractivity contribution >= 4 is 40.0 Å². The zero-order valence-electron chi connectivity index (χ0n) is 8.27. The van der Waals surface area contributed by atoms with E-state index in [0.29, 0.717) is 16.5 Å². The van der Waals surface area contributed by atoms with Gasteiger partial charge in [-0.3, -0.25) is 4.79 Å². The maximum absolute atomic E-state index is 11.2. The van der Waals surface area contributed by atoms with Crippen LogP contribution in [0.15, 0.2) is 18.2 Å². The normalized spacial score (nSPS) is 12.5. The van der Waals surface area contributed by atoms with Gasteiger partial charge in [-0.15, -0.1) is 0 Å². The van der Waals surface area contributed by atoms with Gasteiger partial charge in [0, 0.05) is 10.0 Å². The van der Waals surface area contributed by atoms with Gasteiger partial charge in [0.1, 0.15) is 0 Å². The monoisotopic (exact) mass is 264 g/mol. The molecular weight excluding hydrogens is 254 g/mol. The fourth-order valence-corrected chi connectivity index (χ4v) is 2.23. The third kappa shape index (κ3) is 3.37. The zero-order chi connectivity index (χ0) is 11.4. The molecule has 0 saturated carbocycles. The molecule has 0 radical (unpaired) electrons. The molecule has 4 heteroatoms. The summed E-state index contributed by atoms with van der Waals surface area (Å²) in [6.45, 7) is 2.00. The second-order valence-electron chi connectivity index (χ2n) is 3.31. The summed E-state index contributed by atoms with van der Waals surface area (Å²) in [6.07, 6.45) is 1.58. The predicted molar refractivity (Wildman–Crippen MR) is 65.0 cm³/mol. The fourth-order valence-electron chi connectivity index (χ4n) is 1.46. The average Bonchev–Trinajstić information content (AvgIpc) is 2.15. The third-order valence-corrected chi connectivity index (χ3v) is 3.02. The number of carbonyl (C=O) groups is 1. The highest BCUT2D eigenvalue weighted by molar-refractivity contribution is 6.64. The van der Waals surface area contributed by atoms with Crippen molar-refractivity contribution in [2.24, 2.45) is 0 Å². The first-order chi connectivity index (χ1) is 7.06. The summed E-state index contributed by atoms with van der Waals surface area (Å²) in [6, 6.07) is 5.09. The van der Waals surface area contributed by atoms with Crippen molar-refractivity contribution in [3.63, 3.8) is 0 Å². The van der Waals surface area contributed by atoms with Crippen LogP contribution in [0.4, 0.5) is 0 Å². The lowest BCUT2D eigenvalue weighted by atomic mass is 9.96. The summed E-state index contributed by atoms with van der Waals surface area (Å²) < 4.78 is 0. The predicted octanol–water partition coefficient (Wildman–Crippen LogP) is 4.64. The number of halogens is 3. The lowest BCUT2D eigenvalue weighted by molar-refractivity contribution is -0.113. The van der Waals surface area contributed by atoms with Gasteiger partial charge in [-0.25, -0.2) is 0 Å². The van der Waals surface area contributed by atoms with Crippen LogP contribution in [0.5, 0.6) is 0 Å². The molecule has 0 fully saturated rings. The van der Waals surface area contributed by atoms with E-state index < -0.39 is 0 Å². The number of benzene rings is 1. The van der Waals surface area contributed by atoms with Crippen LogP contribution >= 0.6 is 34.8 Å². The molecule has 1 atom stereocenters. The topological polar surface area (TPSA) is 17.1 Å². The first-order valence-electron chi connectivity index (χ1n) is 4.70. The molecule has 1 aromatic rings. The van der Waals surface area contributed by atoms with Gasteiger partial charge >= 0.3 is 0 Å². The molecular formula is C11H11Cl3O. The Morgan fingerprint density at radius 3 is 2.53 bits per heavy atom. The van der Waals surface area contributed by atoms with Crippen LogP contribution in [0.3, 0.4) is 0 Å². The molecule has 1 aromatic carbocycles. The van der Waals surface area contributed by atoms with Crippen molar-refractivity contribution in [3.8, 4) is 0 Å². The van der Waals surface area contributed by atoms with Crippen LogP contribution in [0.2, 0.25) is 10.0 Å². The van der Waals surface area contributed by atoms with E-state index in [4.69, 9.17) is 34.8 Å². The number of hydrogen-bond donors (Lipinski definition) is 0. The summed E-state index contributed by atoms with van der Waals surface area (Å²) in [5.74, 6) is -0.332. The van der Waals surface area contributed by atoms with Crippen LogP contribution in [0, 0.1) is 0 Å². The maximum atomic E-state index is 11.2. The van der Waals surface area contributed by atoms with Crippen LogP contribution in [-0.4, -0.2) is 5.24 Å². The number of carbonyl (C=O) groups excluding carboxylic acids is 1. The molecule has 0 aromatic heterocycles. The Morgan fingerprint density at radius 1 is 1.40 bits per heavy atom. The van der Waals surface area contributed by atoms with Crippen molar-refractivity contribution < 1.29 is 4.79 Å². The van der Waals surface area contributed by atoms with E-state index in [-0.39, 0.29) is 11.2 Å². The Kier molecular flexibility index (Phi) is 4.91. The fraction of sp³-hybridized carbons (Fsp3) is 0.364.